The van der Waals surface area contributed by atoms with Crippen LogP contribution in [0.15, 0.2) is 28.9 Å². The average molecular weight is 371 g/mol. The van der Waals surface area contributed by atoms with Crippen molar-refractivity contribution < 1.29 is 14.0 Å². The van der Waals surface area contributed by atoms with Crippen LogP contribution in [0.1, 0.15) is 47.5 Å². The normalized spacial score (nSPS) is 15.0. The van der Waals surface area contributed by atoms with Gasteiger partial charge in [-0.15, -0.1) is 0 Å². The van der Waals surface area contributed by atoms with Gasteiger partial charge in [-0.25, -0.2) is 9.97 Å². The van der Waals surface area contributed by atoms with Crippen LogP contribution in [0.25, 0.3) is 0 Å². The molecule has 0 spiro atoms. The number of piperazine rings is 1. The third-order valence-electron chi connectivity index (χ3n) is 4.15. The summed E-state index contributed by atoms with van der Waals surface area (Å²) in [5.41, 5.74) is 0.887. The highest BCUT2D eigenvalue weighted by Crippen LogP contribution is 2.15. The first-order valence-electron chi connectivity index (χ1n) is 8.99. The molecule has 1 fully saturated rings. The van der Waals surface area contributed by atoms with Gasteiger partial charge in [0.15, 0.2) is 5.76 Å². The van der Waals surface area contributed by atoms with Gasteiger partial charge in [-0.1, -0.05) is 0 Å². The Morgan fingerprint density at radius 3 is 2.26 bits per heavy atom. The highest BCUT2D eigenvalue weighted by atomic mass is 16.3. The standard InChI is InChI=1S/C19H25N5O3/c1-13-12-14(21-18(20-13)22-19(2,3)4)16(25)23-7-9-24(10-8-23)17(26)15-6-5-11-27-15/h5-6,11-12H,7-10H2,1-4H3,(H,20,21,22). The van der Waals surface area contributed by atoms with Crippen LogP contribution in [-0.4, -0.2) is 63.3 Å². The van der Waals surface area contributed by atoms with Crippen molar-refractivity contribution in [3.8, 4) is 0 Å². The van der Waals surface area contributed by atoms with Gasteiger partial charge in [0.25, 0.3) is 11.8 Å². The van der Waals surface area contributed by atoms with E-state index >= 15 is 0 Å². The second-order valence-corrected chi connectivity index (χ2v) is 7.65. The summed E-state index contributed by atoms with van der Waals surface area (Å²) in [5.74, 6) is 0.459. The maximum absolute atomic E-state index is 12.9. The summed E-state index contributed by atoms with van der Waals surface area (Å²) in [6, 6.07) is 5.03. The minimum Gasteiger partial charge on any atom is -0.459 e. The summed E-state index contributed by atoms with van der Waals surface area (Å²) in [6.07, 6.45) is 1.48. The van der Waals surface area contributed by atoms with Crippen molar-refractivity contribution >= 4 is 17.8 Å². The molecule has 1 saturated heterocycles. The van der Waals surface area contributed by atoms with Crippen LogP contribution in [-0.2, 0) is 0 Å². The summed E-state index contributed by atoms with van der Waals surface area (Å²) < 4.78 is 5.16. The molecule has 2 amide bonds. The molecule has 27 heavy (non-hydrogen) atoms. The number of amides is 2. The third kappa shape index (κ3) is 4.64. The van der Waals surface area contributed by atoms with E-state index in [4.69, 9.17) is 4.42 Å². The molecule has 144 valence electrons. The molecule has 2 aromatic heterocycles. The molecule has 3 heterocycles. The number of furan rings is 1. The van der Waals surface area contributed by atoms with E-state index in [9.17, 15) is 9.59 Å². The van der Waals surface area contributed by atoms with Crippen LogP contribution < -0.4 is 5.32 Å². The highest BCUT2D eigenvalue weighted by molar-refractivity contribution is 5.94. The summed E-state index contributed by atoms with van der Waals surface area (Å²) in [4.78, 5) is 37.3. The van der Waals surface area contributed by atoms with Crippen LogP contribution in [0.4, 0.5) is 5.95 Å². The molecule has 1 aliphatic rings. The van der Waals surface area contributed by atoms with Crippen LogP contribution in [0.2, 0.25) is 0 Å². The van der Waals surface area contributed by atoms with Crippen LogP contribution in [0.5, 0.6) is 0 Å². The number of nitrogens with zero attached hydrogens (tertiary/aromatic N) is 4. The average Bonchev–Trinajstić information content (AvgIpc) is 3.13. The SMILES string of the molecule is Cc1cc(C(=O)N2CCN(C(=O)c3ccco3)CC2)nc(NC(C)(C)C)n1. The molecule has 0 bridgehead atoms. The molecule has 0 atom stereocenters. The molecule has 0 aliphatic carbocycles. The lowest BCUT2D eigenvalue weighted by atomic mass is 10.1. The topological polar surface area (TPSA) is 91.6 Å². The Bertz CT molecular complexity index is 818. The van der Waals surface area contributed by atoms with Crippen molar-refractivity contribution in [1.29, 1.82) is 0 Å². The molecule has 8 heteroatoms. The lowest BCUT2D eigenvalue weighted by molar-refractivity contribution is 0.0515. The Morgan fingerprint density at radius 2 is 1.70 bits per heavy atom. The number of carbonyl (C=O) groups is 2. The van der Waals surface area contributed by atoms with Crippen molar-refractivity contribution in [2.75, 3.05) is 31.5 Å². The van der Waals surface area contributed by atoms with Crippen molar-refractivity contribution in [3.05, 3.63) is 41.6 Å². The maximum atomic E-state index is 12.9. The lowest BCUT2D eigenvalue weighted by Gasteiger charge is -2.34. The van der Waals surface area contributed by atoms with Gasteiger partial charge in [-0.2, -0.15) is 0 Å². The van der Waals surface area contributed by atoms with E-state index in [2.05, 4.69) is 15.3 Å². The van der Waals surface area contributed by atoms with Gasteiger partial charge in [-0.05, 0) is 45.9 Å². The second-order valence-electron chi connectivity index (χ2n) is 7.65. The first-order chi connectivity index (χ1) is 12.7. The lowest BCUT2D eigenvalue weighted by Crippen LogP contribution is -2.50. The summed E-state index contributed by atoms with van der Waals surface area (Å²) in [6.45, 7) is 9.70. The van der Waals surface area contributed by atoms with E-state index in [-0.39, 0.29) is 17.4 Å². The number of hydrogen-bond acceptors (Lipinski definition) is 6. The van der Waals surface area contributed by atoms with Crippen LogP contribution >= 0.6 is 0 Å². The predicted molar refractivity (Wildman–Crippen MR) is 101 cm³/mol. The van der Waals surface area contributed by atoms with E-state index in [1.165, 1.54) is 6.26 Å². The molecule has 0 radical (unpaired) electrons. The van der Waals surface area contributed by atoms with Gasteiger partial charge in [0, 0.05) is 37.4 Å². The maximum Gasteiger partial charge on any atom is 0.289 e. The summed E-state index contributed by atoms with van der Waals surface area (Å²) >= 11 is 0. The first-order valence-corrected chi connectivity index (χ1v) is 8.99. The molecule has 1 aliphatic heterocycles. The number of hydrogen-bond donors (Lipinski definition) is 1. The van der Waals surface area contributed by atoms with Gasteiger partial charge in [0.2, 0.25) is 5.95 Å². The van der Waals surface area contributed by atoms with Gasteiger partial charge >= 0.3 is 0 Å². The fourth-order valence-corrected chi connectivity index (χ4v) is 2.90. The quantitative estimate of drug-likeness (QED) is 0.889. The van der Waals surface area contributed by atoms with Gasteiger partial charge < -0.3 is 19.5 Å². The van der Waals surface area contributed by atoms with Gasteiger partial charge in [0.1, 0.15) is 5.69 Å². The minimum absolute atomic E-state index is 0.150. The van der Waals surface area contributed by atoms with Crippen molar-refractivity contribution in [1.82, 2.24) is 19.8 Å². The van der Waals surface area contributed by atoms with Crippen molar-refractivity contribution in [2.45, 2.75) is 33.2 Å². The van der Waals surface area contributed by atoms with Crippen molar-refractivity contribution in [2.24, 2.45) is 0 Å². The fraction of sp³-hybridized carbons (Fsp3) is 0.474. The van der Waals surface area contributed by atoms with E-state index in [0.29, 0.717) is 43.6 Å². The summed E-state index contributed by atoms with van der Waals surface area (Å²) in [7, 11) is 0. The Balaban J connectivity index is 1.66. The molecule has 0 unspecified atom stereocenters. The van der Waals surface area contributed by atoms with Gasteiger partial charge in [-0.3, -0.25) is 9.59 Å². The molecule has 1 N–H and O–H groups in total. The molecular weight excluding hydrogens is 346 g/mol. The van der Waals surface area contributed by atoms with Gasteiger partial charge in [0.05, 0.1) is 6.26 Å². The monoisotopic (exact) mass is 371 g/mol. The number of aryl methyl sites for hydroxylation is 1. The Kier molecular flexibility index (Phi) is 5.16. The number of carbonyl (C=O) groups excluding carboxylic acids is 2. The van der Waals surface area contributed by atoms with E-state index in [1.807, 2.05) is 27.7 Å². The smallest absolute Gasteiger partial charge is 0.289 e. The Labute approximate surface area is 158 Å². The number of aromatic nitrogens is 2. The fourth-order valence-electron chi connectivity index (χ4n) is 2.90. The van der Waals surface area contributed by atoms with E-state index in [0.717, 1.165) is 5.69 Å². The molecule has 2 aromatic rings. The number of rotatable bonds is 3. The largest absolute Gasteiger partial charge is 0.459 e. The van der Waals surface area contributed by atoms with E-state index in [1.54, 1.807) is 28.0 Å². The molecule has 3 rings (SSSR count). The van der Waals surface area contributed by atoms with Crippen molar-refractivity contribution in [3.63, 3.8) is 0 Å². The molecular formula is C19H25N5O3. The zero-order chi connectivity index (χ0) is 19.6. The third-order valence-corrected chi connectivity index (χ3v) is 4.15. The number of nitrogens with one attached hydrogen (secondary N) is 1. The van der Waals surface area contributed by atoms with Crippen LogP contribution in [0, 0.1) is 6.92 Å². The van der Waals surface area contributed by atoms with E-state index < -0.39 is 0 Å². The number of anilines is 1. The minimum atomic E-state index is -0.202. The zero-order valence-corrected chi connectivity index (χ0v) is 16.2. The Morgan fingerprint density at radius 1 is 1.07 bits per heavy atom. The molecule has 0 saturated carbocycles. The second kappa shape index (κ2) is 7.38. The predicted octanol–water partition coefficient (Wildman–Crippen LogP) is 2.19. The zero-order valence-electron chi connectivity index (χ0n) is 16.2. The van der Waals surface area contributed by atoms with Crippen LogP contribution in [0.3, 0.4) is 0 Å². The first kappa shape index (κ1) is 18.9. The highest BCUT2D eigenvalue weighted by Gasteiger charge is 2.27. The molecule has 0 aromatic carbocycles. The Hall–Kier alpha value is -2.90. The summed E-state index contributed by atoms with van der Waals surface area (Å²) in [5, 5.41) is 3.20. The molecule has 8 nitrogen and oxygen atoms in total.